The van der Waals surface area contributed by atoms with Crippen molar-refractivity contribution in [1.29, 1.82) is 0 Å². The molecule has 0 unspecified atom stereocenters. The van der Waals surface area contributed by atoms with E-state index in [1.165, 1.54) is 19.3 Å². The smallest absolute Gasteiger partial charge is 0.132 e. The van der Waals surface area contributed by atoms with Gasteiger partial charge in [0.25, 0.3) is 0 Å². The van der Waals surface area contributed by atoms with Crippen LogP contribution in [0.2, 0.25) is 0 Å². The molecule has 0 saturated carbocycles. The van der Waals surface area contributed by atoms with Crippen LogP contribution in [-0.2, 0) is 0 Å². The molecule has 0 aliphatic carbocycles. The monoisotopic (exact) mass is 210 g/mol. The van der Waals surface area contributed by atoms with Gasteiger partial charge in [0.1, 0.15) is 5.75 Å². The molecule has 0 aromatic heterocycles. The first-order valence-corrected chi connectivity index (χ1v) is 5.70. The fraction of sp³-hybridized carbons (Fsp3) is 0.500. The topological polar surface area (TPSA) is 9.23 Å². The van der Waals surface area contributed by atoms with Crippen LogP contribution >= 0.6 is 12.6 Å². The van der Waals surface area contributed by atoms with E-state index < -0.39 is 0 Å². The fourth-order valence-electron chi connectivity index (χ4n) is 1.29. The van der Waals surface area contributed by atoms with Gasteiger partial charge in [-0.05, 0) is 18.6 Å². The van der Waals surface area contributed by atoms with E-state index in [1.54, 1.807) is 0 Å². The van der Waals surface area contributed by atoms with Crippen LogP contribution in [0.1, 0.15) is 32.6 Å². The molecular weight excluding hydrogens is 192 g/mol. The Hall–Kier alpha value is -0.630. The van der Waals surface area contributed by atoms with Crippen LogP contribution < -0.4 is 4.74 Å². The number of rotatable bonds is 6. The maximum Gasteiger partial charge on any atom is 0.132 e. The SMILES string of the molecule is CCCCCCOc1ccccc1S. The summed E-state index contributed by atoms with van der Waals surface area (Å²) in [5.41, 5.74) is 0. The summed E-state index contributed by atoms with van der Waals surface area (Å²) in [6.45, 7) is 3.02. The molecule has 0 bridgehead atoms. The first-order chi connectivity index (χ1) is 6.84. The molecule has 1 aromatic carbocycles. The molecule has 0 aliphatic heterocycles. The van der Waals surface area contributed by atoms with Crippen LogP contribution in [0.25, 0.3) is 0 Å². The highest BCUT2D eigenvalue weighted by molar-refractivity contribution is 7.80. The molecule has 0 N–H and O–H groups in total. The van der Waals surface area contributed by atoms with Crippen molar-refractivity contribution in [3.05, 3.63) is 24.3 Å². The first kappa shape index (κ1) is 11.4. The third kappa shape index (κ3) is 4.05. The molecular formula is C12H18OS. The molecule has 0 heterocycles. The van der Waals surface area contributed by atoms with Gasteiger partial charge in [-0.15, -0.1) is 12.6 Å². The van der Waals surface area contributed by atoms with Crippen LogP contribution in [0, 0.1) is 0 Å². The largest absolute Gasteiger partial charge is 0.492 e. The minimum absolute atomic E-state index is 0.803. The second kappa shape index (κ2) is 6.77. The van der Waals surface area contributed by atoms with Gasteiger partial charge in [-0.1, -0.05) is 38.3 Å². The van der Waals surface area contributed by atoms with Crippen molar-refractivity contribution in [3.8, 4) is 5.75 Å². The van der Waals surface area contributed by atoms with Crippen molar-refractivity contribution >= 4 is 12.6 Å². The quantitative estimate of drug-likeness (QED) is 0.553. The Morgan fingerprint density at radius 1 is 1.14 bits per heavy atom. The Labute approximate surface area is 91.9 Å². The van der Waals surface area contributed by atoms with Gasteiger partial charge >= 0.3 is 0 Å². The summed E-state index contributed by atoms with van der Waals surface area (Å²) >= 11 is 4.32. The third-order valence-corrected chi connectivity index (χ3v) is 2.49. The van der Waals surface area contributed by atoms with Gasteiger partial charge in [-0.25, -0.2) is 0 Å². The minimum Gasteiger partial charge on any atom is -0.492 e. The average molecular weight is 210 g/mol. The predicted molar refractivity (Wildman–Crippen MR) is 63.3 cm³/mol. The van der Waals surface area contributed by atoms with Gasteiger partial charge in [0, 0.05) is 4.90 Å². The van der Waals surface area contributed by atoms with Crippen LogP contribution in [-0.4, -0.2) is 6.61 Å². The van der Waals surface area contributed by atoms with Crippen LogP contribution in [0.4, 0.5) is 0 Å². The normalized spacial score (nSPS) is 10.1. The molecule has 2 heteroatoms. The van der Waals surface area contributed by atoms with Crippen molar-refractivity contribution in [3.63, 3.8) is 0 Å². The number of ether oxygens (including phenoxy) is 1. The lowest BCUT2D eigenvalue weighted by molar-refractivity contribution is 0.298. The zero-order valence-corrected chi connectivity index (χ0v) is 9.59. The maximum absolute atomic E-state index is 5.61. The maximum atomic E-state index is 5.61. The molecule has 0 amide bonds. The number of unbranched alkanes of at least 4 members (excludes halogenated alkanes) is 3. The van der Waals surface area contributed by atoms with E-state index in [4.69, 9.17) is 4.74 Å². The van der Waals surface area contributed by atoms with E-state index in [1.807, 2.05) is 24.3 Å². The number of hydrogen-bond donors (Lipinski definition) is 1. The molecule has 0 saturated heterocycles. The molecule has 1 aromatic rings. The highest BCUT2D eigenvalue weighted by Gasteiger charge is 1.97. The van der Waals surface area contributed by atoms with E-state index in [2.05, 4.69) is 19.6 Å². The van der Waals surface area contributed by atoms with Crippen LogP contribution in [0.5, 0.6) is 5.75 Å². The molecule has 78 valence electrons. The molecule has 0 spiro atoms. The highest BCUT2D eigenvalue weighted by atomic mass is 32.1. The average Bonchev–Trinajstić information content (AvgIpc) is 2.20. The summed E-state index contributed by atoms with van der Waals surface area (Å²) in [5.74, 6) is 0.896. The summed E-state index contributed by atoms with van der Waals surface area (Å²) in [6, 6.07) is 7.85. The summed E-state index contributed by atoms with van der Waals surface area (Å²) in [6.07, 6.45) is 4.95. The lowest BCUT2D eigenvalue weighted by Crippen LogP contribution is -1.97. The van der Waals surface area contributed by atoms with Crippen molar-refractivity contribution in [2.24, 2.45) is 0 Å². The van der Waals surface area contributed by atoms with Crippen LogP contribution in [0.15, 0.2) is 29.2 Å². The summed E-state index contributed by atoms with van der Waals surface area (Å²) in [5, 5.41) is 0. The van der Waals surface area contributed by atoms with E-state index in [-0.39, 0.29) is 0 Å². The number of hydrogen-bond acceptors (Lipinski definition) is 2. The van der Waals surface area contributed by atoms with Gasteiger partial charge in [0.15, 0.2) is 0 Å². The van der Waals surface area contributed by atoms with Gasteiger partial charge in [-0.3, -0.25) is 0 Å². The molecule has 1 rings (SSSR count). The molecule has 0 radical (unpaired) electrons. The minimum atomic E-state index is 0.803. The predicted octanol–water partition coefficient (Wildman–Crippen LogP) is 3.93. The number of para-hydroxylation sites is 1. The Morgan fingerprint density at radius 2 is 1.93 bits per heavy atom. The zero-order chi connectivity index (χ0) is 10.2. The Morgan fingerprint density at radius 3 is 2.64 bits per heavy atom. The number of thiol groups is 1. The second-order valence-electron chi connectivity index (χ2n) is 3.38. The molecule has 0 fully saturated rings. The van der Waals surface area contributed by atoms with Crippen LogP contribution in [0.3, 0.4) is 0 Å². The van der Waals surface area contributed by atoms with E-state index in [9.17, 15) is 0 Å². The molecule has 0 atom stereocenters. The lowest BCUT2D eigenvalue weighted by Gasteiger charge is -2.07. The second-order valence-corrected chi connectivity index (χ2v) is 3.86. The molecule has 0 aliphatic rings. The van der Waals surface area contributed by atoms with E-state index in [0.717, 1.165) is 23.7 Å². The Balaban J connectivity index is 2.21. The first-order valence-electron chi connectivity index (χ1n) is 5.25. The highest BCUT2D eigenvalue weighted by Crippen LogP contribution is 2.21. The fourth-order valence-corrected chi connectivity index (χ4v) is 1.52. The lowest BCUT2D eigenvalue weighted by atomic mass is 10.2. The van der Waals surface area contributed by atoms with Gasteiger partial charge in [0.05, 0.1) is 6.61 Å². The van der Waals surface area contributed by atoms with E-state index in [0.29, 0.717) is 0 Å². The zero-order valence-electron chi connectivity index (χ0n) is 8.70. The molecule has 14 heavy (non-hydrogen) atoms. The van der Waals surface area contributed by atoms with Crippen molar-refractivity contribution < 1.29 is 4.74 Å². The Kier molecular flexibility index (Phi) is 5.53. The number of benzene rings is 1. The standard InChI is InChI=1S/C12H18OS/c1-2-3-4-7-10-13-11-8-5-6-9-12(11)14/h5-6,8-9,14H,2-4,7,10H2,1H3. The van der Waals surface area contributed by atoms with Gasteiger partial charge in [0.2, 0.25) is 0 Å². The third-order valence-electron chi connectivity index (χ3n) is 2.12. The van der Waals surface area contributed by atoms with E-state index >= 15 is 0 Å². The Bertz CT molecular complexity index is 260. The van der Waals surface area contributed by atoms with Gasteiger partial charge < -0.3 is 4.74 Å². The summed E-state index contributed by atoms with van der Waals surface area (Å²) in [7, 11) is 0. The van der Waals surface area contributed by atoms with Crippen molar-refractivity contribution in [2.75, 3.05) is 6.61 Å². The molecule has 1 nitrogen and oxygen atoms in total. The summed E-state index contributed by atoms with van der Waals surface area (Å²) < 4.78 is 5.61. The van der Waals surface area contributed by atoms with Gasteiger partial charge in [-0.2, -0.15) is 0 Å². The summed E-state index contributed by atoms with van der Waals surface area (Å²) in [4.78, 5) is 0.919. The van der Waals surface area contributed by atoms with Crippen molar-refractivity contribution in [2.45, 2.75) is 37.5 Å². The van der Waals surface area contributed by atoms with Crippen molar-refractivity contribution in [1.82, 2.24) is 0 Å².